The van der Waals surface area contributed by atoms with Crippen LogP contribution in [0.25, 0.3) is 0 Å². The van der Waals surface area contributed by atoms with Gasteiger partial charge in [-0.15, -0.1) is 0 Å². The van der Waals surface area contributed by atoms with Gasteiger partial charge in [0.2, 0.25) is 0 Å². The summed E-state index contributed by atoms with van der Waals surface area (Å²) in [4.78, 5) is 10.7. The fraction of sp³-hybridized carbons (Fsp3) is 0.444. The highest BCUT2D eigenvalue weighted by Gasteiger charge is 2.43. The van der Waals surface area contributed by atoms with Crippen LogP contribution in [0.1, 0.15) is 5.56 Å². The Morgan fingerprint density at radius 1 is 1.13 bits per heavy atom. The predicted octanol–water partition coefficient (Wildman–Crippen LogP) is 2.00. The Kier molecular flexibility index (Phi) is 4.22. The van der Waals surface area contributed by atoms with Crippen LogP contribution in [0.4, 0.5) is 0 Å². The average Bonchev–Trinajstić information content (AvgIpc) is 3.15. The quantitative estimate of drug-likeness (QED) is 0.845. The van der Waals surface area contributed by atoms with Gasteiger partial charge < -0.3 is 9.47 Å². The lowest BCUT2D eigenvalue weighted by atomic mass is 9.94. The van der Waals surface area contributed by atoms with Crippen LogP contribution in [0.3, 0.4) is 0 Å². The predicted molar refractivity (Wildman–Crippen MR) is 86.0 cm³/mol. The molecule has 0 unspecified atom stereocenters. The van der Waals surface area contributed by atoms with Crippen LogP contribution >= 0.6 is 0 Å². The van der Waals surface area contributed by atoms with Gasteiger partial charge in [-0.25, -0.2) is 0 Å². The van der Waals surface area contributed by atoms with Crippen molar-refractivity contribution < 1.29 is 9.47 Å². The van der Waals surface area contributed by atoms with E-state index in [0.717, 1.165) is 32.0 Å². The summed E-state index contributed by atoms with van der Waals surface area (Å²) in [6.45, 7) is 4.55. The molecule has 2 aromatic rings. The second kappa shape index (κ2) is 6.64. The zero-order valence-corrected chi connectivity index (χ0v) is 13.0. The summed E-state index contributed by atoms with van der Waals surface area (Å²) >= 11 is 0. The fourth-order valence-corrected chi connectivity index (χ4v) is 3.57. The second-order valence-electron chi connectivity index (χ2n) is 6.34. The van der Waals surface area contributed by atoms with Gasteiger partial charge in [-0.1, -0.05) is 6.07 Å². The average molecular weight is 311 g/mol. The maximum atomic E-state index is 6.00. The molecule has 5 heteroatoms. The largest absolute Gasteiger partial charge is 0.493 e. The summed E-state index contributed by atoms with van der Waals surface area (Å²) in [6.07, 6.45) is 7.62. The van der Waals surface area contributed by atoms with Crippen molar-refractivity contribution in [2.45, 2.75) is 12.6 Å². The van der Waals surface area contributed by atoms with E-state index in [-0.39, 0.29) is 0 Å². The number of nitrogens with zero attached hydrogens (tertiary/aromatic N) is 3. The summed E-state index contributed by atoms with van der Waals surface area (Å²) in [5, 5.41) is 0. The van der Waals surface area contributed by atoms with Gasteiger partial charge in [0.05, 0.1) is 19.3 Å². The molecule has 0 saturated carbocycles. The Morgan fingerprint density at radius 3 is 2.87 bits per heavy atom. The van der Waals surface area contributed by atoms with Gasteiger partial charge in [-0.05, 0) is 23.8 Å². The minimum atomic E-state index is 0.345. The van der Waals surface area contributed by atoms with E-state index in [2.05, 4.69) is 20.9 Å². The van der Waals surface area contributed by atoms with E-state index in [1.54, 1.807) is 12.4 Å². The Hall–Kier alpha value is -1.98. The first-order chi connectivity index (χ1) is 11.4. The van der Waals surface area contributed by atoms with Crippen LogP contribution in [0, 0.1) is 11.8 Å². The van der Waals surface area contributed by atoms with E-state index in [4.69, 9.17) is 9.47 Å². The topological polar surface area (TPSA) is 47.5 Å². The van der Waals surface area contributed by atoms with Gasteiger partial charge in [0, 0.05) is 56.3 Å². The van der Waals surface area contributed by atoms with E-state index < -0.39 is 0 Å². The molecule has 4 rings (SSSR count). The molecule has 0 N–H and O–H groups in total. The Bertz CT molecular complexity index is 623. The maximum Gasteiger partial charge on any atom is 0.122 e. The van der Waals surface area contributed by atoms with Gasteiger partial charge in [0.15, 0.2) is 0 Å². The highest BCUT2D eigenvalue weighted by atomic mass is 16.5. The van der Waals surface area contributed by atoms with Gasteiger partial charge in [-0.3, -0.25) is 14.9 Å². The van der Waals surface area contributed by atoms with Crippen molar-refractivity contribution in [3.63, 3.8) is 0 Å². The van der Waals surface area contributed by atoms with E-state index >= 15 is 0 Å². The van der Waals surface area contributed by atoms with Crippen molar-refractivity contribution in [1.82, 2.24) is 14.9 Å². The van der Waals surface area contributed by atoms with Crippen molar-refractivity contribution in [3.8, 4) is 5.75 Å². The van der Waals surface area contributed by atoms with Gasteiger partial charge in [-0.2, -0.15) is 0 Å². The molecule has 0 radical (unpaired) electrons. The number of fused-ring (bicyclic) bond motifs is 1. The lowest BCUT2D eigenvalue weighted by Crippen LogP contribution is -2.26. The van der Waals surface area contributed by atoms with Crippen molar-refractivity contribution in [2.24, 2.45) is 11.8 Å². The zero-order chi connectivity index (χ0) is 15.5. The summed E-state index contributed by atoms with van der Waals surface area (Å²) < 4.78 is 11.9. The Labute approximate surface area is 136 Å². The number of hydrogen-bond donors (Lipinski definition) is 0. The lowest BCUT2D eigenvalue weighted by Gasteiger charge is -2.19. The molecule has 120 valence electrons. The summed E-state index contributed by atoms with van der Waals surface area (Å²) in [5.74, 6) is 1.91. The first kappa shape index (κ1) is 14.6. The third-order valence-electron chi connectivity index (χ3n) is 4.76. The van der Waals surface area contributed by atoms with E-state index in [1.807, 2.05) is 30.6 Å². The van der Waals surface area contributed by atoms with E-state index in [0.29, 0.717) is 24.5 Å². The molecule has 2 fully saturated rings. The highest BCUT2D eigenvalue weighted by Crippen LogP contribution is 2.34. The van der Waals surface area contributed by atoms with Crippen LogP contribution in [0.15, 0.2) is 49.1 Å². The Morgan fingerprint density at radius 2 is 2.04 bits per heavy atom. The molecular weight excluding hydrogens is 290 g/mol. The van der Waals surface area contributed by atoms with Crippen LogP contribution in [0.5, 0.6) is 5.75 Å². The molecule has 4 heterocycles. The standard InChI is InChI=1S/C18H21N3O2/c1-2-14(8-20-5-1)9-21-10-17-15(13-23-18(17)11-21)12-22-16-3-6-19-7-4-16/h1-8,15,17-18H,9-13H2/t15-,17+,18+/m0/s1. The van der Waals surface area contributed by atoms with Crippen LogP contribution in [-0.4, -0.2) is 47.3 Å². The molecule has 2 aliphatic heterocycles. The van der Waals surface area contributed by atoms with Crippen molar-refractivity contribution in [1.29, 1.82) is 0 Å². The van der Waals surface area contributed by atoms with Crippen LogP contribution < -0.4 is 4.74 Å². The van der Waals surface area contributed by atoms with Crippen molar-refractivity contribution in [2.75, 3.05) is 26.3 Å². The lowest BCUT2D eigenvalue weighted by molar-refractivity contribution is 0.0897. The van der Waals surface area contributed by atoms with E-state index in [9.17, 15) is 0 Å². The molecule has 2 aliphatic rings. The molecule has 2 aromatic heterocycles. The smallest absolute Gasteiger partial charge is 0.122 e. The molecular formula is C18H21N3O2. The first-order valence-corrected chi connectivity index (χ1v) is 8.14. The molecule has 5 nitrogen and oxygen atoms in total. The number of likely N-dealkylation sites (tertiary alicyclic amines) is 1. The number of aromatic nitrogens is 2. The summed E-state index contributed by atoms with van der Waals surface area (Å²) in [5.41, 5.74) is 1.26. The summed E-state index contributed by atoms with van der Waals surface area (Å²) in [6, 6.07) is 7.92. The number of hydrogen-bond acceptors (Lipinski definition) is 5. The van der Waals surface area contributed by atoms with Crippen molar-refractivity contribution >= 4 is 0 Å². The van der Waals surface area contributed by atoms with Gasteiger partial charge in [0.1, 0.15) is 5.75 Å². The number of pyridine rings is 2. The van der Waals surface area contributed by atoms with Gasteiger partial charge >= 0.3 is 0 Å². The molecule has 3 atom stereocenters. The molecule has 0 aromatic carbocycles. The first-order valence-electron chi connectivity index (χ1n) is 8.14. The normalized spacial score (nSPS) is 27.0. The van der Waals surface area contributed by atoms with Gasteiger partial charge in [0.25, 0.3) is 0 Å². The molecule has 0 aliphatic carbocycles. The van der Waals surface area contributed by atoms with Crippen molar-refractivity contribution in [3.05, 3.63) is 54.6 Å². The Balaban J connectivity index is 1.32. The van der Waals surface area contributed by atoms with Crippen LogP contribution in [0.2, 0.25) is 0 Å². The third-order valence-corrected chi connectivity index (χ3v) is 4.76. The minimum Gasteiger partial charge on any atom is -0.493 e. The third kappa shape index (κ3) is 3.35. The monoisotopic (exact) mass is 311 g/mol. The molecule has 2 saturated heterocycles. The zero-order valence-electron chi connectivity index (χ0n) is 13.0. The molecule has 23 heavy (non-hydrogen) atoms. The number of rotatable bonds is 5. The fourth-order valence-electron chi connectivity index (χ4n) is 3.57. The molecule has 0 bridgehead atoms. The SMILES string of the molecule is c1cncc(CN2C[C@@H]3[C@@H](COc4ccncc4)CO[C@@H]3C2)c1. The minimum absolute atomic E-state index is 0.345. The highest BCUT2D eigenvalue weighted by molar-refractivity contribution is 5.17. The molecule has 0 spiro atoms. The summed E-state index contributed by atoms with van der Waals surface area (Å²) in [7, 11) is 0. The van der Waals surface area contributed by atoms with E-state index in [1.165, 1.54) is 5.56 Å². The maximum absolute atomic E-state index is 6.00. The van der Waals surface area contributed by atoms with Crippen LogP contribution in [-0.2, 0) is 11.3 Å². The second-order valence-corrected chi connectivity index (χ2v) is 6.34. The molecule has 0 amide bonds. The number of ether oxygens (including phenoxy) is 2.